The maximum absolute atomic E-state index is 11.0. The molecule has 2 atom stereocenters. The topological polar surface area (TPSA) is 51.5 Å². The Morgan fingerprint density at radius 2 is 2.00 bits per heavy atom. The Morgan fingerprint density at radius 1 is 1.26 bits per heavy atom. The number of furan rings is 1. The zero-order valence-electron chi connectivity index (χ0n) is 11.0. The van der Waals surface area contributed by atoms with Gasteiger partial charge >= 0.3 is 0 Å². The summed E-state index contributed by atoms with van der Waals surface area (Å²) in [5, 5.41) is 3.30. The highest BCUT2D eigenvalue weighted by molar-refractivity contribution is 5.57. The highest BCUT2D eigenvalue weighted by Gasteiger charge is 2.21. The lowest BCUT2D eigenvalue weighted by Gasteiger charge is -2.20. The summed E-state index contributed by atoms with van der Waals surface area (Å²) in [7, 11) is 1.63. The van der Waals surface area contributed by atoms with Crippen LogP contribution in [0.15, 0.2) is 47.1 Å². The van der Waals surface area contributed by atoms with E-state index in [9.17, 15) is 4.79 Å². The smallest absolute Gasteiger partial charge is 0.126 e. The van der Waals surface area contributed by atoms with Gasteiger partial charge < -0.3 is 19.3 Å². The van der Waals surface area contributed by atoms with E-state index < -0.39 is 0 Å². The molecule has 0 amide bonds. The van der Waals surface area contributed by atoms with Gasteiger partial charge in [0, 0.05) is 11.6 Å². The molecule has 0 spiro atoms. The minimum atomic E-state index is -0.187. The summed E-state index contributed by atoms with van der Waals surface area (Å²) in [4.78, 5) is 11.0. The fourth-order valence-electron chi connectivity index (χ4n) is 1.88. The van der Waals surface area contributed by atoms with Gasteiger partial charge in [-0.15, -0.1) is 0 Å². The monoisotopic (exact) mass is 259 g/mol. The summed E-state index contributed by atoms with van der Waals surface area (Å²) in [6.07, 6.45) is 2.53. The Balaban J connectivity index is 2.17. The van der Waals surface area contributed by atoms with E-state index in [-0.39, 0.29) is 12.0 Å². The molecule has 100 valence electrons. The lowest BCUT2D eigenvalue weighted by atomic mass is 10.0. The fourth-order valence-corrected chi connectivity index (χ4v) is 1.88. The number of hydrogen-bond donors (Lipinski definition) is 1. The highest BCUT2D eigenvalue weighted by Crippen LogP contribution is 2.27. The molecule has 1 heterocycles. The van der Waals surface area contributed by atoms with Gasteiger partial charge in [0.15, 0.2) is 0 Å². The summed E-state index contributed by atoms with van der Waals surface area (Å²) < 4.78 is 10.5. The van der Waals surface area contributed by atoms with Gasteiger partial charge in [0.05, 0.1) is 19.4 Å². The van der Waals surface area contributed by atoms with Gasteiger partial charge in [0.25, 0.3) is 0 Å². The van der Waals surface area contributed by atoms with Crippen molar-refractivity contribution in [2.24, 2.45) is 5.92 Å². The first-order valence-corrected chi connectivity index (χ1v) is 6.14. The van der Waals surface area contributed by atoms with Gasteiger partial charge in [-0.2, -0.15) is 0 Å². The molecule has 4 heteroatoms. The number of nitrogens with one attached hydrogen (secondary N) is 1. The molecule has 0 radical (unpaired) electrons. The predicted octanol–water partition coefficient (Wildman–Crippen LogP) is 3.28. The summed E-state index contributed by atoms with van der Waals surface area (Å²) in [6.45, 7) is 1.86. The number of benzene rings is 1. The van der Waals surface area contributed by atoms with Crippen molar-refractivity contribution in [1.29, 1.82) is 0 Å². The average Bonchev–Trinajstić information content (AvgIpc) is 2.98. The van der Waals surface area contributed by atoms with Crippen molar-refractivity contribution in [3.05, 3.63) is 48.4 Å². The molecule has 0 aliphatic heterocycles. The van der Waals surface area contributed by atoms with Crippen LogP contribution >= 0.6 is 0 Å². The SMILES string of the molecule is COc1ccc(N[C@H](c2ccco2)[C@@H](C)C=O)cc1. The normalized spacial score (nSPS) is 13.6. The van der Waals surface area contributed by atoms with E-state index in [4.69, 9.17) is 9.15 Å². The molecule has 2 rings (SSSR count). The van der Waals surface area contributed by atoms with Crippen LogP contribution in [0.1, 0.15) is 18.7 Å². The summed E-state index contributed by atoms with van der Waals surface area (Å²) in [6, 6.07) is 11.1. The number of ether oxygens (including phenoxy) is 1. The number of methoxy groups -OCH3 is 1. The highest BCUT2D eigenvalue weighted by atomic mass is 16.5. The van der Waals surface area contributed by atoms with Gasteiger partial charge in [-0.1, -0.05) is 6.92 Å². The van der Waals surface area contributed by atoms with Crippen LogP contribution in [0.4, 0.5) is 5.69 Å². The largest absolute Gasteiger partial charge is 0.497 e. The van der Waals surface area contributed by atoms with E-state index in [0.29, 0.717) is 0 Å². The third-order valence-corrected chi connectivity index (χ3v) is 3.00. The van der Waals surface area contributed by atoms with E-state index >= 15 is 0 Å². The molecule has 0 aliphatic carbocycles. The van der Waals surface area contributed by atoms with E-state index in [1.165, 1.54) is 0 Å². The molecule has 0 saturated heterocycles. The second-order valence-electron chi connectivity index (χ2n) is 4.36. The molecule has 1 aromatic carbocycles. The standard InChI is InChI=1S/C15H17NO3/c1-11(10-17)15(14-4-3-9-19-14)16-12-5-7-13(18-2)8-6-12/h3-11,15-16H,1-2H3/t11-,15-/m0/s1. The van der Waals surface area contributed by atoms with Gasteiger partial charge in [0.1, 0.15) is 17.8 Å². The molecule has 0 fully saturated rings. The minimum absolute atomic E-state index is 0.180. The molecule has 1 aromatic heterocycles. The Hall–Kier alpha value is -2.23. The quantitative estimate of drug-likeness (QED) is 0.809. The van der Waals surface area contributed by atoms with Gasteiger partial charge in [-0.25, -0.2) is 0 Å². The van der Waals surface area contributed by atoms with Crippen LogP contribution in [-0.4, -0.2) is 13.4 Å². The molecule has 4 nitrogen and oxygen atoms in total. The summed E-state index contributed by atoms with van der Waals surface area (Å²) >= 11 is 0. The second kappa shape index (κ2) is 6.09. The lowest BCUT2D eigenvalue weighted by molar-refractivity contribution is -0.111. The van der Waals surface area contributed by atoms with Crippen LogP contribution in [0.5, 0.6) is 5.75 Å². The first-order chi connectivity index (χ1) is 9.24. The molecule has 0 saturated carbocycles. The molecule has 1 N–H and O–H groups in total. The molecule has 0 unspecified atom stereocenters. The van der Waals surface area contributed by atoms with E-state index in [2.05, 4.69) is 5.32 Å². The van der Waals surface area contributed by atoms with Crippen LogP contribution in [0, 0.1) is 5.92 Å². The summed E-state index contributed by atoms with van der Waals surface area (Å²) in [5.74, 6) is 1.35. The van der Waals surface area contributed by atoms with Crippen molar-refractivity contribution in [3.8, 4) is 5.75 Å². The number of hydrogen-bond acceptors (Lipinski definition) is 4. The lowest BCUT2D eigenvalue weighted by Crippen LogP contribution is -2.19. The van der Waals surface area contributed by atoms with Crippen LogP contribution in [0.3, 0.4) is 0 Å². The molecule has 19 heavy (non-hydrogen) atoms. The molecular weight excluding hydrogens is 242 g/mol. The maximum atomic E-state index is 11.0. The van der Waals surface area contributed by atoms with Gasteiger partial charge in [0.2, 0.25) is 0 Å². The van der Waals surface area contributed by atoms with E-state index in [1.54, 1.807) is 13.4 Å². The van der Waals surface area contributed by atoms with Crippen molar-refractivity contribution >= 4 is 12.0 Å². The zero-order chi connectivity index (χ0) is 13.7. The van der Waals surface area contributed by atoms with E-state index in [1.807, 2.05) is 43.3 Å². The Morgan fingerprint density at radius 3 is 2.53 bits per heavy atom. The van der Waals surface area contributed by atoms with Crippen LogP contribution in [0.2, 0.25) is 0 Å². The third-order valence-electron chi connectivity index (χ3n) is 3.00. The van der Waals surface area contributed by atoms with Gasteiger partial charge in [-0.3, -0.25) is 0 Å². The van der Waals surface area contributed by atoms with Crippen molar-refractivity contribution in [3.63, 3.8) is 0 Å². The van der Waals surface area contributed by atoms with Crippen LogP contribution in [0.25, 0.3) is 0 Å². The first-order valence-electron chi connectivity index (χ1n) is 6.14. The summed E-state index contributed by atoms with van der Waals surface area (Å²) in [5.41, 5.74) is 0.913. The molecule has 0 aliphatic rings. The number of carbonyl (C=O) groups excluding carboxylic acids is 1. The van der Waals surface area contributed by atoms with E-state index in [0.717, 1.165) is 23.5 Å². The maximum Gasteiger partial charge on any atom is 0.126 e. The minimum Gasteiger partial charge on any atom is -0.497 e. The molecule has 2 aromatic rings. The number of aldehydes is 1. The van der Waals surface area contributed by atoms with Crippen molar-refractivity contribution in [1.82, 2.24) is 0 Å². The zero-order valence-corrected chi connectivity index (χ0v) is 11.0. The number of carbonyl (C=O) groups is 1. The number of rotatable bonds is 6. The van der Waals surface area contributed by atoms with Crippen molar-refractivity contribution in [2.75, 3.05) is 12.4 Å². The van der Waals surface area contributed by atoms with Crippen molar-refractivity contribution in [2.45, 2.75) is 13.0 Å². The molecule has 0 bridgehead atoms. The van der Waals surface area contributed by atoms with Crippen LogP contribution < -0.4 is 10.1 Å². The van der Waals surface area contributed by atoms with Gasteiger partial charge in [-0.05, 0) is 36.4 Å². The third kappa shape index (κ3) is 3.16. The van der Waals surface area contributed by atoms with Crippen LogP contribution in [-0.2, 0) is 4.79 Å². The Kier molecular flexibility index (Phi) is 4.23. The second-order valence-corrected chi connectivity index (χ2v) is 4.36. The Bertz CT molecular complexity index is 505. The predicted molar refractivity (Wildman–Crippen MR) is 73.3 cm³/mol. The number of anilines is 1. The Labute approximate surface area is 112 Å². The van der Waals surface area contributed by atoms with Crippen molar-refractivity contribution < 1.29 is 13.9 Å². The fraction of sp³-hybridized carbons (Fsp3) is 0.267. The molecular formula is C15H17NO3. The first kappa shape index (κ1) is 13.2. The average molecular weight is 259 g/mol.